The maximum absolute atomic E-state index is 13.6. The van der Waals surface area contributed by atoms with Crippen LogP contribution in [-0.4, -0.2) is 30.8 Å². The number of nitrogens with zero attached hydrogens (tertiary/aromatic N) is 1. The van der Waals surface area contributed by atoms with E-state index in [2.05, 4.69) is 17.9 Å². The lowest BCUT2D eigenvalue weighted by Crippen LogP contribution is -2.37. The Hall–Kier alpha value is -1.30. The van der Waals surface area contributed by atoms with Crippen LogP contribution in [-0.2, 0) is 4.79 Å². The molecule has 1 amide bonds. The van der Waals surface area contributed by atoms with Gasteiger partial charge in [-0.15, -0.1) is 0 Å². The molecule has 19 heavy (non-hydrogen) atoms. The van der Waals surface area contributed by atoms with Crippen molar-refractivity contribution in [1.29, 1.82) is 0 Å². The number of hydrogen-bond acceptors (Lipinski definition) is 3. The summed E-state index contributed by atoms with van der Waals surface area (Å²) in [6, 6.07) is 3.76. The number of thiol groups is 1. The fourth-order valence-corrected chi connectivity index (χ4v) is 2.48. The van der Waals surface area contributed by atoms with Crippen LogP contribution in [0.3, 0.4) is 0 Å². The van der Waals surface area contributed by atoms with Gasteiger partial charge in [-0.3, -0.25) is 4.79 Å². The van der Waals surface area contributed by atoms with Crippen molar-refractivity contribution in [1.82, 2.24) is 5.32 Å². The molecule has 1 saturated heterocycles. The molecule has 1 aliphatic rings. The SMILES string of the molecule is O=C(CCS)NC1CCN(c2c(F)cccc2F)C1. The maximum atomic E-state index is 13.6. The molecule has 0 aromatic heterocycles. The van der Waals surface area contributed by atoms with Gasteiger partial charge in [-0.2, -0.15) is 12.6 Å². The second kappa shape index (κ2) is 6.23. The Labute approximate surface area is 116 Å². The van der Waals surface area contributed by atoms with Gasteiger partial charge in [-0.05, 0) is 24.3 Å². The molecular formula is C13H16F2N2OS. The largest absolute Gasteiger partial charge is 0.365 e. The highest BCUT2D eigenvalue weighted by Crippen LogP contribution is 2.26. The quantitative estimate of drug-likeness (QED) is 0.830. The van der Waals surface area contributed by atoms with Crippen LogP contribution in [0, 0.1) is 11.6 Å². The van der Waals surface area contributed by atoms with Crippen LogP contribution in [0.4, 0.5) is 14.5 Å². The molecule has 1 aromatic rings. The Morgan fingerprint density at radius 2 is 2.11 bits per heavy atom. The minimum absolute atomic E-state index is 0.00607. The first-order valence-electron chi connectivity index (χ1n) is 6.21. The Morgan fingerprint density at radius 1 is 1.42 bits per heavy atom. The summed E-state index contributed by atoms with van der Waals surface area (Å²) in [6.07, 6.45) is 1.04. The first kappa shape index (κ1) is 14.1. The number of benzene rings is 1. The van der Waals surface area contributed by atoms with E-state index in [0.29, 0.717) is 31.7 Å². The van der Waals surface area contributed by atoms with Crippen molar-refractivity contribution < 1.29 is 13.6 Å². The van der Waals surface area contributed by atoms with E-state index in [1.807, 2.05) is 0 Å². The molecule has 1 aromatic carbocycles. The van der Waals surface area contributed by atoms with Gasteiger partial charge in [-0.1, -0.05) is 6.07 Å². The number of nitrogens with one attached hydrogen (secondary N) is 1. The highest BCUT2D eigenvalue weighted by Gasteiger charge is 2.27. The van der Waals surface area contributed by atoms with Gasteiger partial charge in [0.1, 0.15) is 17.3 Å². The number of para-hydroxylation sites is 1. The smallest absolute Gasteiger partial charge is 0.221 e. The van der Waals surface area contributed by atoms with E-state index in [9.17, 15) is 13.6 Å². The normalized spacial score (nSPS) is 18.7. The van der Waals surface area contributed by atoms with E-state index in [1.165, 1.54) is 18.2 Å². The van der Waals surface area contributed by atoms with E-state index in [1.54, 1.807) is 4.90 Å². The molecule has 0 aliphatic carbocycles. The van der Waals surface area contributed by atoms with Gasteiger partial charge in [0.15, 0.2) is 0 Å². The summed E-state index contributed by atoms with van der Waals surface area (Å²) >= 11 is 3.99. The zero-order valence-electron chi connectivity index (χ0n) is 10.4. The van der Waals surface area contributed by atoms with Gasteiger partial charge in [0.2, 0.25) is 5.91 Å². The van der Waals surface area contributed by atoms with E-state index >= 15 is 0 Å². The van der Waals surface area contributed by atoms with Gasteiger partial charge in [-0.25, -0.2) is 8.78 Å². The fraction of sp³-hybridized carbons (Fsp3) is 0.462. The van der Waals surface area contributed by atoms with Gasteiger partial charge in [0, 0.05) is 25.6 Å². The van der Waals surface area contributed by atoms with Crippen LogP contribution in [0.1, 0.15) is 12.8 Å². The lowest BCUT2D eigenvalue weighted by Gasteiger charge is -2.20. The summed E-state index contributed by atoms with van der Waals surface area (Å²) in [6.45, 7) is 0.958. The standard InChI is InChI=1S/C13H16F2N2OS/c14-10-2-1-3-11(15)13(10)17-6-4-9(8-17)16-12(18)5-7-19/h1-3,9,19H,4-8H2,(H,16,18). The molecule has 3 nitrogen and oxygen atoms in total. The monoisotopic (exact) mass is 286 g/mol. The van der Waals surface area contributed by atoms with Crippen LogP contribution >= 0.6 is 12.6 Å². The lowest BCUT2D eigenvalue weighted by molar-refractivity contribution is -0.121. The van der Waals surface area contributed by atoms with Gasteiger partial charge >= 0.3 is 0 Å². The summed E-state index contributed by atoms with van der Waals surface area (Å²) in [4.78, 5) is 13.1. The molecule has 2 rings (SSSR count). The average molecular weight is 286 g/mol. The minimum atomic E-state index is -0.567. The molecule has 104 valence electrons. The van der Waals surface area contributed by atoms with Crippen molar-refractivity contribution in [2.24, 2.45) is 0 Å². The molecule has 6 heteroatoms. The van der Waals surface area contributed by atoms with E-state index < -0.39 is 11.6 Å². The fourth-order valence-electron chi connectivity index (χ4n) is 2.27. The number of carbonyl (C=O) groups is 1. The van der Waals surface area contributed by atoms with Gasteiger partial charge in [0.05, 0.1) is 0 Å². The Kier molecular flexibility index (Phi) is 4.63. The summed E-state index contributed by atoms with van der Waals surface area (Å²) in [5, 5.41) is 2.84. The van der Waals surface area contributed by atoms with E-state index in [-0.39, 0.29) is 17.6 Å². The van der Waals surface area contributed by atoms with Crippen LogP contribution in [0.5, 0.6) is 0 Å². The topological polar surface area (TPSA) is 32.3 Å². The average Bonchev–Trinajstić information content (AvgIpc) is 2.77. The lowest BCUT2D eigenvalue weighted by atomic mass is 10.2. The van der Waals surface area contributed by atoms with E-state index in [4.69, 9.17) is 0 Å². The molecule has 1 heterocycles. The third-order valence-electron chi connectivity index (χ3n) is 3.15. The molecule has 0 spiro atoms. The van der Waals surface area contributed by atoms with Crippen LogP contribution in [0.15, 0.2) is 18.2 Å². The van der Waals surface area contributed by atoms with Crippen molar-refractivity contribution in [2.75, 3.05) is 23.7 Å². The summed E-state index contributed by atoms with van der Waals surface area (Å²) in [5.41, 5.74) is -0.00607. The zero-order valence-corrected chi connectivity index (χ0v) is 11.3. The summed E-state index contributed by atoms with van der Waals surface area (Å²) in [7, 11) is 0. The van der Waals surface area contributed by atoms with Crippen LogP contribution in [0.25, 0.3) is 0 Å². The molecule has 1 atom stereocenters. The second-order valence-electron chi connectivity index (χ2n) is 4.54. The minimum Gasteiger partial charge on any atom is -0.365 e. The van der Waals surface area contributed by atoms with Crippen LogP contribution in [0.2, 0.25) is 0 Å². The summed E-state index contributed by atoms with van der Waals surface area (Å²) < 4.78 is 27.3. The highest BCUT2D eigenvalue weighted by molar-refractivity contribution is 7.80. The Bertz CT molecular complexity index is 450. The maximum Gasteiger partial charge on any atom is 0.221 e. The highest BCUT2D eigenvalue weighted by atomic mass is 32.1. The first-order chi connectivity index (χ1) is 9.11. The third-order valence-corrected chi connectivity index (χ3v) is 3.37. The van der Waals surface area contributed by atoms with Gasteiger partial charge < -0.3 is 10.2 Å². The van der Waals surface area contributed by atoms with Crippen molar-refractivity contribution in [3.63, 3.8) is 0 Å². The van der Waals surface area contributed by atoms with Crippen molar-refractivity contribution in [3.05, 3.63) is 29.8 Å². The van der Waals surface area contributed by atoms with Gasteiger partial charge in [0.25, 0.3) is 0 Å². The second-order valence-corrected chi connectivity index (χ2v) is 4.99. The molecule has 0 bridgehead atoms. The molecule has 1 aliphatic heterocycles. The number of amides is 1. The predicted octanol–water partition coefficient (Wildman–Crippen LogP) is 1.98. The van der Waals surface area contributed by atoms with Crippen LogP contribution < -0.4 is 10.2 Å². The number of carbonyl (C=O) groups excluding carboxylic acids is 1. The number of hydrogen-bond donors (Lipinski definition) is 2. The summed E-state index contributed by atoms with van der Waals surface area (Å²) in [5.74, 6) is -0.718. The molecule has 0 saturated carbocycles. The third kappa shape index (κ3) is 3.37. The van der Waals surface area contributed by atoms with Crippen molar-refractivity contribution in [3.8, 4) is 0 Å². The van der Waals surface area contributed by atoms with E-state index in [0.717, 1.165) is 0 Å². The number of rotatable bonds is 4. The molecular weight excluding hydrogens is 270 g/mol. The Balaban J connectivity index is 2.00. The molecule has 1 unspecified atom stereocenters. The molecule has 1 N–H and O–H groups in total. The number of anilines is 1. The number of halogens is 2. The molecule has 0 radical (unpaired) electrons. The molecule has 1 fully saturated rings. The zero-order chi connectivity index (χ0) is 13.8. The van der Waals surface area contributed by atoms with Crippen molar-refractivity contribution >= 4 is 24.2 Å². The first-order valence-corrected chi connectivity index (χ1v) is 6.84. The predicted molar refractivity (Wildman–Crippen MR) is 73.6 cm³/mol. The van der Waals surface area contributed by atoms with Crippen molar-refractivity contribution in [2.45, 2.75) is 18.9 Å². The Morgan fingerprint density at radius 3 is 2.74 bits per heavy atom.